The Morgan fingerprint density at radius 2 is 1.88 bits per heavy atom. The summed E-state index contributed by atoms with van der Waals surface area (Å²) >= 11 is 18.2. The predicted molar refractivity (Wildman–Crippen MR) is 104 cm³/mol. The number of aryl methyl sites for hydroxylation is 1. The predicted octanol–water partition coefficient (Wildman–Crippen LogP) is 3.50. The van der Waals surface area contributed by atoms with Gasteiger partial charge >= 0.3 is 0 Å². The van der Waals surface area contributed by atoms with Gasteiger partial charge in [0.25, 0.3) is 5.91 Å². The fourth-order valence-electron chi connectivity index (χ4n) is 2.82. The smallest absolute Gasteiger partial charge is 0.262 e. The minimum absolute atomic E-state index is 0.102. The number of fused-ring (bicyclic) bond motifs is 1. The van der Waals surface area contributed by atoms with Crippen LogP contribution in [0, 0.1) is 6.92 Å². The molecule has 3 rings (SSSR count). The van der Waals surface area contributed by atoms with Crippen LogP contribution < -0.4 is 15.4 Å². The number of benzene rings is 2. The lowest BCUT2D eigenvalue weighted by Crippen LogP contribution is -2.52. The zero-order valence-electron chi connectivity index (χ0n) is 13.4. The van der Waals surface area contributed by atoms with Gasteiger partial charge in [0.05, 0.1) is 16.3 Å². The molecule has 0 radical (unpaired) electrons. The lowest BCUT2D eigenvalue weighted by Gasteiger charge is -2.39. The van der Waals surface area contributed by atoms with Gasteiger partial charge in [-0.2, -0.15) is 0 Å². The number of hydrogen-bond donors (Lipinski definition) is 2. The summed E-state index contributed by atoms with van der Waals surface area (Å²) in [5, 5.41) is 8.12. The second kappa shape index (κ2) is 6.90. The number of amides is 1. The maximum absolute atomic E-state index is 13.2. The van der Waals surface area contributed by atoms with E-state index in [1.54, 1.807) is 12.1 Å². The number of sulfonamides is 1. The molecule has 0 bridgehead atoms. The van der Waals surface area contributed by atoms with Gasteiger partial charge in [0, 0.05) is 5.69 Å². The number of hydrogen-bond acceptors (Lipinski definition) is 4. The first-order valence-corrected chi connectivity index (χ1v) is 10.2. The molecule has 1 aliphatic rings. The molecule has 26 heavy (non-hydrogen) atoms. The second-order valence-corrected chi connectivity index (χ2v) is 8.86. The van der Waals surface area contributed by atoms with E-state index in [4.69, 9.17) is 39.9 Å². The van der Waals surface area contributed by atoms with E-state index < -0.39 is 26.9 Å². The first-order valence-electron chi connectivity index (χ1n) is 7.41. The summed E-state index contributed by atoms with van der Waals surface area (Å²) in [6, 6.07) is 9.68. The molecule has 0 saturated heterocycles. The van der Waals surface area contributed by atoms with Gasteiger partial charge in [0.2, 0.25) is 10.0 Å². The Hall–Kier alpha value is -1.51. The Kier molecular flexibility index (Phi) is 5.11. The molecule has 1 amide bonds. The molecule has 1 unspecified atom stereocenters. The summed E-state index contributed by atoms with van der Waals surface area (Å²) in [6.45, 7) is 1.84. The fraction of sp³-hybridized carbons (Fsp3) is 0.188. The van der Waals surface area contributed by atoms with Crippen molar-refractivity contribution in [2.24, 2.45) is 5.14 Å². The van der Waals surface area contributed by atoms with Gasteiger partial charge in [-0.05, 0) is 30.7 Å². The fourth-order valence-corrected chi connectivity index (χ4v) is 4.27. The van der Waals surface area contributed by atoms with Crippen LogP contribution >= 0.6 is 34.8 Å². The van der Waals surface area contributed by atoms with Crippen LogP contribution in [0.1, 0.15) is 15.9 Å². The highest BCUT2D eigenvalue weighted by Gasteiger charge is 2.38. The molecule has 0 fully saturated rings. The highest BCUT2D eigenvalue weighted by molar-refractivity contribution is 7.89. The Morgan fingerprint density at radius 1 is 1.23 bits per heavy atom. The number of anilines is 2. The van der Waals surface area contributed by atoms with E-state index in [0.29, 0.717) is 11.4 Å². The molecule has 10 heteroatoms. The minimum atomic E-state index is -4.09. The Balaban J connectivity index is 2.21. The number of carbonyl (C=O) groups is 1. The summed E-state index contributed by atoms with van der Waals surface area (Å²) in [5.74, 6) is -0.467. The molecular formula is C16H14Cl3N3O3S. The van der Waals surface area contributed by atoms with E-state index in [1.807, 2.05) is 19.1 Å². The number of nitrogens with one attached hydrogen (secondary N) is 1. The molecule has 1 aliphatic heterocycles. The minimum Gasteiger partial charge on any atom is -0.362 e. The number of para-hydroxylation sites is 1. The first-order chi connectivity index (χ1) is 12.1. The van der Waals surface area contributed by atoms with Crippen LogP contribution in [0.25, 0.3) is 0 Å². The lowest BCUT2D eigenvalue weighted by atomic mass is 10.1. The number of carbonyl (C=O) groups excluding carboxylic acids is 1. The Bertz CT molecular complexity index is 995. The molecule has 0 aliphatic carbocycles. The summed E-state index contributed by atoms with van der Waals surface area (Å²) < 4.78 is 23.5. The molecule has 0 saturated carbocycles. The largest absolute Gasteiger partial charge is 0.362 e. The monoisotopic (exact) mass is 433 g/mol. The van der Waals surface area contributed by atoms with Crippen molar-refractivity contribution in [2.45, 2.75) is 22.8 Å². The van der Waals surface area contributed by atoms with E-state index in [9.17, 15) is 13.2 Å². The van der Waals surface area contributed by atoms with E-state index in [2.05, 4.69) is 5.32 Å². The number of rotatable bonds is 3. The number of primary sulfonamides is 1. The molecule has 1 atom stereocenters. The van der Waals surface area contributed by atoms with Crippen LogP contribution in [0.3, 0.4) is 0 Å². The number of halogens is 3. The number of alkyl halides is 2. The maximum Gasteiger partial charge on any atom is 0.262 e. The molecule has 0 spiro atoms. The van der Waals surface area contributed by atoms with Gasteiger partial charge in [0.15, 0.2) is 0 Å². The molecule has 2 aromatic rings. The van der Waals surface area contributed by atoms with E-state index in [1.165, 1.54) is 11.0 Å². The normalized spacial score (nSPS) is 17.2. The van der Waals surface area contributed by atoms with Gasteiger partial charge in [-0.1, -0.05) is 29.8 Å². The average Bonchev–Trinajstić information content (AvgIpc) is 2.54. The standard InChI is InChI=1S/C16H14Cl3N3O3S/c1-8-4-2-3-5-12(8)22-15(14(18)19)21-11-7-10(17)13(26(20,24)25)6-9(11)16(22)23/h2-7,14-15,21H,1H3,(H2,20,24,25). The van der Waals surface area contributed by atoms with Crippen LogP contribution in [0.5, 0.6) is 0 Å². The van der Waals surface area contributed by atoms with E-state index in [-0.39, 0.29) is 15.5 Å². The van der Waals surface area contributed by atoms with Crippen molar-refractivity contribution in [3.63, 3.8) is 0 Å². The van der Waals surface area contributed by atoms with Gasteiger partial charge in [-0.25, -0.2) is 13.6 Å². The summed E-state index contributed by atoms with van der Waals surface area (Å²) in [5.41, 5.74) is 1.85. The number of nitrogens with two attached hydrogens (primary N) is 1. The summed E-state index contributed by atoms with van der Waals surface area (Å²) in [6.07, 6.45) is -0.768. The van der Waals surface area contributed by atoms with Crippen molar-refractivity contribution in [1.82, 2.24) is 0 Å². The third-order valence-electron chi connectivity index (χ3n) is 4.02. The van der Waals surface area contributed by atoms with Crippen LogP contribution in [0.2, 0.25) is 5.02 Å². The second-order valence-electron chi connectivity index (χ2n) is 5.76. The van der Waals surface area contributed by atoms with E-state index in [0.717, 1.165) is 11.6 Å². The van der Waals surface area contributed by atoms with Gasteiger partial charge in [-0.15, -0.1) is 23.2 Å². The van der Waals surface area contributed by atoms with Crippen molar-refractivity contribution in [3.8, 4) is 0 Å². The molecule has 6 nitrogen and oxygen atoms in total. The summed E-state index contributed by atoms with van der Waals surface area (Å²) in [4.78, 5) is 13.3. The van der Waals surface area contributed by atoms with Crippen molar-refractivity contribution >= 4 is 62.1 Å². The molecule has 138 valence electrons. The van der Waals surface area contributed by atoms with Gasteiger partial charge in [0.1, 0.15) is 15.9 Å². The molecule has 2 aromatic carbocycles. The molecular weight excluding hydrogens is 421 g/mol. The molecule has 3 N–H and O–H groups in total. The van der Waals surface area contributed by atoms with Crippen molar-refractivity contribution in [1.29, 1.82) is 0 Å². The maximum atomic E-state index is 13.2. The van der Waals surface area contributed by atoms with Crippen molar-refractivity contribution < 1.29 is 13.2 Å². The first kappa shape index (κ1) is 19.3. The average molecular weight is 435 g/mol. The Morgan fingerprint density at radius 3 is 2.46 bits per heavy atom. The number of nitrogens with zero attached hydrogens (tertiary/aromatic N) is 1. The topological polar surface area (TPSA) is 92.5 Å². The Labute approximate surface area is 165 Å². The van der Waals surface area contributed by atoms with Gasteiger partial charge in [-0.3, -0.25) is 9.69 Å². The third-order valence-corrected chi connectivity index (χ3v) is 5.88. The SMILES string of the molecule is Cc1ccccc1N1C(=O)c2cc(S(N)(=O)=O)c(Cl)cc2NC1C(Cl)Cl. The van der Waals surface area contributed by atoms with Crippen LogP contribution in [-0.2, 0) is 10.0 Å². The lowest BCUT2D eigenvalue weighted by molar-refractivity contribution is 0.0976. The van der Waals surface area contributed by atoms with Gasteiger partial charge < -0.3 is 5.32 Å². The van der Waals surface area contributed by atoms with Crippen molar-refractivity contribution in [3.05, 3.63) is 52.5 Å². The van der Waals surface area contributed by atoms with Crippen LogP contribution in [0.15, 0.2) is 41.3 Å². The van der Waals surface area contributed by atoms with E-state index >= 15 is 0 Å². The van der Waals surface area contributed by atoms with Crippen LogP contribution in [0.4, 0.5) is 11.4 Å². The van der Waals surface area contributed by atoms with Crippen molar-refractivity contribution in [2.75, 3.05) is 10.2 Å². The molecule has 1 heterocycles. The molecule has 0 aromatic heterocycles. The third kappa shape index (κ3) is 3.37. The highest BCUT2D eigenvalue weighted by Crippen LogP contribution is 2.37. The highest BCUT2D eigenvalue weighted by atomic mass is 35.5. The van der Waals surface area contributed by atoms with Crippen LogP contribution in [-0.4, -0.2) is 25.3 Å². The quantitative estimate of drug-likeness (QED) is 0.723. The zero-order chi connectivity index (χ0) is 19.2. The zero-order valence-corrected chi connectivity index (χ0v) is 16.5. The summed E-state index contributed by atoms with van der Waals surface area (Å²) in [7, 11) is -4.09.